The third-order valence-corrected chi connectivity index (χ3v) is 4.02. The minimum Gasteiger partial charge on any atom is -0.465 e. The van der Waals surface area contributed by atoms with Crippen LogP contribution < -0.4 is 0 Å². The molecule has 0 aliphatic carbocycles. The summed E-state index contributed by atoms with van der Waals surface area (Å²) in [6, 6.07) is 14.0. The number of rotatable bonds is 5. The van der Waals surface area contributed by atoms with E-state index < -0.39 is 10.9 Å². The Morgan fingerprint density at radius 3 is 2.52 bits per heavy atom. The summed E-state index contributed by atoms with van der Waals surface area (Å²) in [5.74, 6) is -0.0374. The maximum Gasteiger partial charge on any atom is 0.339 e. The number of thioether (sulfide) groups is 1. The van der Waals surface area contributed by atoms with E-state index in [0.717, 1.165) is 5.56 Å². The number of benzene rings is 2. The molecule has 0 N–H and O–H groups in total. The maximum atomic E-state index is 11.8. The highest BCUT2D eigenvalue weighted by molar-refractivity contribution is 7.98. The third kappa shape index (κ3) is 3.61. The molecule has 6 heteroatoms. The molecule has 0 bridgehead atoms. The Morgan fingerprint density at radius 1 is 1.19 bits per heavy atom. The standard InChI is InChI=1S/C15H13NO4S/c1-20-15(17)12-8-5-9-13(16(18)19)14(12)21-10-11-6-3-2-4-7-11/h2-9H,10H2,1H3. The predicted molar refractivity (Wildman–Crippen MR) is 80.4 cm³/mol. The van der Waals surface area contributed by atoms with Gasteiger partial charge in [-0.1, -0.05) is 36.4 Å². The van der Waals surface area contributed by atoms with Crippen LogP contribution in [0.25, 0.3) is 0 Å². The van der Waals surface area contributed by atoms with Gasteiger partial charge in [-0.2, -0.15) is 0 Å². The fourth-order valence-corrected chi connectivity index (χ4v) is 2.92. The lowest BCUT2D eigenvalue weighted by Gasteiger charge is -2.08. The fraction of sp³-hybridized carbons (Fsp3) is 0.133. The average Bonchev–Trinajstić information content (AvgIpc) is 2.52. The molecule has 108 valence electrons. The van der Waals surface area contributed by atoms with Gasteiger partial charge in [-0.3, -0.25) is 10.1 Å². The van der Waals surface area contributed by atoms with Crippen molar-refractivity contribution in [3.8, 4) is 0 Å². The third-order valence-electron chi connectivity index (χ3n) is 2.82. The zero-order valence-corrected chi connectivity index (χ0v) is 12.1. The first-order valence-corrected chi connectivity index (χ1v) is 7.14. The molecule has 0 atom stereocenters. The molecule has 0 aliphatic rings. The first-order valence-electron chi connectivity index (χ1n) is 6.16. The number of methoxy groups -OCH3 is 1. The highest BCUT2D eigenvalue weighted by Gasteiger charge is 2.22. The first kappa shape index (κ1) is 15.1. The Labute approximate surface area is 126 Å². The lowest BCUT2D eigenvalue weighted by atomic mass is 10.2. The summed E-state index contributed by atoms with van der Waals surface area (Å²) < 4.78 is 4.69. The highest BCUT2D eigenvalue weighted by atomic mass is 32.2. The smallest absolute Gasteiger partial charge is 0.339 e. The van der Waals surface area contributed by atoms with E-state index in [1.807, 2.05) is 30.3 Å². The Balaban J connectivity index is 2.35. The second kappa shape index (κ2) is 6.90. The highest BCUT2D eigenvalue weighted by Crippen LogP contribution is 2.34. The van der Waals surface area contributed by atoms with Gasteiger partial charge in [-0.05, 0) is 11.6 Å². The topological polar surface area (TPSA) is 69.4 Å². The minimum absolute atomic E-state index is 0.0844. The number of nitro benzene ring substituents is 1. The van der Waals surface area contributed by atoms with Crippen molar-refractivity contribution in [2.45, 2.75) is 10.6 Å². The van der Waals surface area contributed by atoms with Crippen LogP contribution in [-0.4, -0.2) is 18.0 Å². The van der Waals surface area contributed by atoms with Gasteiger partial charge in [0.05, 0.1) is 17.6 Å². The van der Waals surface area contributed by atoms with E-state index >= 15 is 0 Å². The Morgan fingerprint density at radius 2 is 1.90 bits per heavy atom. The molecule has 0 heterocycles. The number of carbonyl (C=O) groups excluding carboxylic acids is 1. The zero-order valence-electron chi connectivity index (χ0n) is 11.3. The van der Waals surface area contributed by atoms with Crippen molar-refractivity contribution in [1.29, 1.82) is 0 Å². The SMILES string of the molecule is COC(=O)c1cccc([N+](=O)[O-])c1SCc1ccccc1. The first-order chi connectivity index (χ1) is 10.1. The molecule has 2 aromatic carbocycles. The zero-order chi connectivity index (χ0) is 15.2. The molecule has 2 rings (SSSR count). The largest absolute Gasteiger partial charge is 0.465 e. The van der Waals surface area contributed by atoms with Gasteiger partial charge >= 0.3 is 5.97 Å². The Kier molecular flexibility index (Phi) is 4.94. The summed E-state index contributed by atoms with van der Waals surface area (Å²) in [5, 5.41) is 11.1. The van der Waals surface area contributed by atoms with E-state index in [1.165, 1.54) is 37.1 Å². The van der Waals surface area contributed by atoms with Gasteiger partial charge in [0.25, 0.3) is 5.69 Å². The Bertz CT molecular complexity index is 658. The summed E-state index contributed by atoms with van der Waals surface area (Å²) in [7, 11) is 1.26. The summed E-state index contributed by atoms with van der Waals surface area (Å²) in [5.41, 5.74) is 1.16. The molecule has 5 nitrogen and oxygen atoms in total. The van der Waals surface area contributed by atoms with Crippen LogP contribution in [0.15, 0.2) is 53.4 Å². The van der Waals surface area contributed by atoms with E-state index in [-0.39, 0.29) is 11.3 Å². The average molecular weight is 303 g/mol. The molecule has 0 fully saturated rings. The van der Waals surface area contributed by atoms with Crippen LogP contribution in [0.5, 0.6) is 0 Å². The lowest BCUT2D eigenvalue weighted by Crippen LogP contribution is -2.05. The van der Waals surface area contributed by atoms with Crippen molar-refractivity contribution in [2.24, 2.45) is 0 Å². The minimum atomic E-state index is -0.575. The van der Waals surface area contributed by atoms with Gasteiger partial charge < -0.3 is 4.74 Å². The van der Waals surface area contributed by atoms with E-state index in [9.17, 15) is 14.9 Å². The van der Waals surface area contributed by atoms with Crippen LogP contribution in [-0.2, 0) is 10.5 Å². The number of carbonyl (C=O) groups is 1. The molecule has 0 spiro atoms. The van der Waals surface area contributed by atoms with E-state index in [4.69, 9.17) is 0 Å². The number of nitro groups is 1. The van der Waals surface area contributed by atoms with Gasteiger partial charge in [0.2, 0.25) is 0 Å². The summed E-state index contributed by atoms with van der Waals surface area (Å²) in [6.45, 7) is 0. The Hall–Kier alpha value is -2.34. The predicted octanol–water partition coefficient (Wildman–Crippen LogP) is 3.67. The van der Waals surface area contributed by atoms with Crippen LogP contribution in [0, 0.1) is 10.1 Å². The molecular weight excluding hydrogens is 290 g/mol. The second-order valence-electron chi connectivity index (χ2n) is 4.18. The van der Waals surface area contributed by atoms with Crippen LogP contribution in [0.4, 0.5) is 5.69 Å². The molecule has 0 amide bonds. The maximum absolute atomic E-state index is 11.8. The molecule has 0 unspecified atom stereocenters. The quantitative estimate of drug-likeness (QED) is 0.365. The van der Waals surface area contributed by atoms with E-state index in [1.54, 1.807) is 0 Å². The number of hydrogen-bond acceptors (Lipinski definition) is 5. The van der Waals surface area contributed by atoms with Gasteiger partial charge in [-0.15, -0.1) is 11.8 Å². The monoisotopic (exact) mass is 303 g/mol. The van der Waals surface area contributed by atoms with E-state index in [2.05, 4.69) is 4.74 Å². The second-order valence-corrected chi connectivity index (χ2v) is 5.16. The van der Waals surface area contributed by atoms with Gasteiger partial charge in [-0.25, -0.2) is 4.79 Å². The fourth-order valence-electron chi connectivity index (χ4n) is 1.82. The number of ether oxygens (including phenoxy) is 1. The van der Waals surface area contributed by atoms with Crippen LogP contribution in [0.1, 0.15) is 15.9 Å². The van der Waals surface area contributed by atoms with Crippen LogP contribution in [0.2, 0.25) is 0 Å². The number of esters is 1. The summed E-state index contributed by atoms with van der Waals surface area (Å²) in [6.07, 6.45) is 0. The molecule has 0 saturated heterocycles. The lowest BCUT2D eigenvalue weighted by molar-refractivity contribution is -0.387. The van der Waals surface area contributed by atoms with Crippen LogP contribution >= 0.6 is 11.8 Å². The summed E-state index contributed by atoms with van der Waals surface area (Å²) in [4.78, 5) is 22.7. The molecule has 2 aromatic rings. The molecule has 0 saturated carbocycles. The van der Waals surface area contributed by atoms with Crippen molar-refractivity contribution < 1.29 is 14.5 Å². The van der Waals surface area contributed by atoms with Crippen molar-refractivity contribution in [3.05, 3.63) is 69.8 Å². The normalized spacial score (nSPS) is 10.1. The number of nitrogens with zero attached hydrogens (tertiary/aromatic N) is 1. The van der Waals surface area contributed by atoms with Crippen molar-refractivity contribution in [2.75, 3.05) is 7.11 Å². The van der Waals surface area contributed by atoms with E-state index in [0.29, 0.717) is 10.6 Å². The molecule has 0 aromatic heterocycles. The van der Waals surface area contributed by atoms with Gasteiger partial charge in [0.1, 0.15) is 4.90 Å². The molecule has 0 aliphatic heterocycles. The van der Waals surface area contributed by atoms with Gasteiger partial charge in [0, 0.05) is 11.8 Å². The van der Waals surface area contributed by atoms with Crippen molar-refractivity contribution >= 4 is 23.4 Å². The number of hydrogen-bond donors (Lipinski definition) is 0. The molecule has 21 heavy (non-hydrogen) atoms. The van der Waals surface area contributed by atoms with Crippen LogP contribution in [0.3, 0.4) is 0 Å². The van der Waals surface area contributed by atoms with Gasteiger partial charge in [0.15, 0.2) is 0 Å². The molecule has 0 radical (unpaired) electrons. The molecular formula is C15H13NO4S. The van der Waals surface area contributed by atoms with Crippen molar-refractivity contribution in [3.63, 3.8) is 0 Å². The summed E-state index contributed by atoms with van der Waals surface area (Å²) >= 11 is 1.26. The van der Waals surface area contributed by atoms with Crippen molar-refractivity contribution in [1.82, 2.24) is 0 Å².